The number of carbonyl (C=O) groups is 1. The lowest BCUT2D eigenvalue weighted by Gasteiger charge is -2.36. The van der Waals surface area contributed by atoms with Crippen LogP contribution in [0.25, 0.3) is 0 Å². The van der Waals surface area contributed by atoms with Gasteiger partial charge in [-0.1, -0.05) is 35.3 Å². The summed E-state index contributed by atoms with van der Waals surface area (Å²) in [7, 11) is 0. The van der Waals surface area contributed by atoms with Crippen molar-refractivity contribution in [1.29, 1.82) is 0 Å². The van der Waals surface area contributed by atoms with Crippen molar-refractivity contribution in [2.75, 3.05) is 22.5 Å². The topological polar surface area (TPSA) is 58.4 Å². The normalized spacial score (nSPS) is 14.3. The molecule has 1 heterocycles. The summed E-state index contributed by atoms with van der Waals surface area (Å²) in [6.45, 7) is 2.69. The number of nitrogens with two attached hydrogens (primary N) is 1. The molecule has 25 heavy (non-hydrogen) atoms. The number of benzene rings is 2. The lowest BCUT2D eigenvalue weighted by atomic mass is 9.98. The molecule has 7 heteroatoms. The molecule has 0 fully saturated rings. The maximum atomic E-state index is 12.7. The maximum Gasteiger partial charge on any atom is 0.246 e. The van der Waals surface area contributed by atoms with Gasteiger partial charge in [0.1, 0.15) is 6.04 Å². The average molecular weight is 401 g/mol. The summed E-state index contributed by atoms with van der Waals surface area (Å²) in [5.74, 6) is -0.130. The highest BCUT2D eigenvalue weighted by Gasteiger charge is 2.27. The zero-order valence-corrected chi connectivity index (χ0v) is 16.1. The molecule has 134 valence electrons. The van der Waals surface area contributed by atoms with Crippen LogP contribution in [0.3, 0.4) is 0 Å². The predicted octanol–water partition coefficient (Wildman–Crippen LogP) is 4.78. The van der Waals surface area contributed by atoms with Gasteiger partial charge in [0.05, 0.1) is 15.7 Å². The Bertz CT molecular complexity index is 782. The fourth-order valence-corrected chi connectivity index (χ4v) is 3.41. The summed E-state index contributed by atoms with van der Waals surface area (Å²) >= 11 is 12.2. The highest BCUT2D eigenvalue weighted by molar-refractivity contribution is 6.44. The molecule has 0 radical (unpaired) electrons. The Labute approximate surface area is 163 Å². The molecule has 0 saturated carbocycles. The number of fused-ring (bicyclic) bond motifs is 1. The molecule has 1 amide bonds. The van der Waals surface area contributed by atoms with E-state index in [2.05, 4.69) is 10.2 Å². The minimum absolute atomic E-state index is 0. The smallest absolute Gasteiger partial charge is 0.246 e. The van der Waals surface area contributed by atoms with Gasteiger partial charge in [0.2, 0.25) is 5.91 Å². The molecule has 0 aliphatic carbocycles. The Kier molecular flexibility index (Phi) is 6.44. The van der Waals surface area contributed by atoms with Gasteiger partial charge in [0.25, 0.3) is 0 Å². The Hall–Kier alpha value is -1.62. The van der Waals surface area contributed by atoms with Crippen LogP contribution in [-0.2, 0) is 11.2 Å². The van der Waals surface area contributed by atoms with E-state index < -0.39 is 0 Å². The molecular weight excluding hydrogens is 381 g/mol. The largest absolute Gasteiger partial charge is 0.398 e. The third-order valence-corrected chi connectivity index (χ3v) is 5.20. The van der Waals surface area contributed by atoms with E-state index in [0.717, 1.165) is 36.3 Å². The van der Waals surface area contributed by atoms with Crippen molar-refractivity contribution in [3.8, 4) is 0 Å². The Morgan fingerprint density at radius 3 is 2.72 bits per heavy atom. The van der Waals surface area contributed by atoms with Gasteiger partial charge < -0.3 is 16.0 Å². The molecule has 2 aromatic rings. The number of hydrogen-bond acceptors (Lipinski definition) is 3. The SMILES string of the molecule is CC(C(=O)Nc1cccc(Cl)c1Cl)N1CCCc2c(N)cccc21.Cl. The number of nitrogens with one attached hydrogen (secondary N) is 1. The lowest BCUT2D eigenvalue weighted by molar-refractivity contribution is -0.117. The summed E-state index contributed by atoms with van der Waals surface area (Å²) < 4.78 is 0. The van der Waals surface area contributed by atoms with Gasteiger partial charge in [-0.25, -0.2) is 0 Å². The molecule has 3 N–H and O–H groups in total. The second-order valence-corrected chi connectivity index (χ2v) is 6.69. The van der Waals surface area contributed by atoms with Gasteiger partial charge in [-0.05, 0) is 49.6 Å². The molecule has 4 nitrogen and oxygen atoms in total. The molecule has 0 saturated heterocycles. The molecule has 1 aliphatic heterocycles. The van der Waals surface area contributed by atoms with Crippen LogP contribution in [0.2, 0.25) is 10.0 Å². The van der Waals surface area contributed by atoms with Crippen LogP contribution in [-0.4, -0.2) is 18.5 Å². The molecule has 2 aromatic carbocycles. The Morgan fingerprint density at radius 1 is 1.24 bits per heavy atom. The Balaban J connectivity index is 0.00000225. The van der Waals surface area contributed by atoms with Crippen molar-refractivity contribution in [2.24, 2.45) is 0 Å². The number of nitrogens with zero attached hydrogens (tertiary/aromatic N) is 1. The van der Waals surface area contributed by atoms with Gasteiger partial charge in [-0.15, -0.1) is 12.4 Å². The lowest BCUT2D eigenvalue weighted by Crippen LogP contribution is -2.44. The van der Waals surface area contributed by atoms with Gasteiger partial charge >= 0.3 is 0 Å². The molecule has 0 aromatic heterocycles. The molecular formula is C18H20Cl3N3O. The summed E-state index contributed by atoms with van der Waals surface area (Å²) in [6, 6.07) is 10.7. The van der Waals surface area contributed by atoms with E-state index in [9.17, 15) is 4.79 Å². The van der Waals surface area contributed by atoms with Crippen molar-refractivity contribution >= 4 is 58.6 Å². The van der Waals surface area contributed by atoms with Crippen molar-refractivity contribution < 1.29 is 4.79 Å². The zero-order chi connectivity index (χ0) is 17.3. The summed E-state index contributed by atoms with van der Waals surface area (Å²) in [6.07, 6.45) is 1.91. The second kappa shape index (κ2) is 8.17. The molecule has 0 spiro atoms. The van der Waals surface area contributed by atoms with Crippen LogP contribution in [0, 0.1) is 0 Å². The highest BCUT2D eigenvalue weighted by Crippen LogP contribution is 2.33. The van der Waals surface area contributed by atoms with E-state index in [1.54, 1.807) is 18.2 Å². The van der Waals surface area contributed by atoms with Crippen LogP contribution in [0.4, 0.5) is 17.1 Å². The van der Waals surface area contributed by atoms with Crippen molar-refractivity contribution in [1.82, 2.24) is 0 Å². The zero-order valence-electron chi connectivity index (χ0n) is 13.8. The average Bonchev–Trinajstić information content (AvgIpc) is 2.58. The van der Waals surface area contributed by atoms with Crippen LogP contribution in [0.1, 0.15) is 18.9 Å². The molecule has 3 rings (SSSR count). The first-order valence-corrected chi connectivity index (χ1v) is 8.63. The molecule has 1 atom stereocenters. The van der Waals surface area contributed by atoms with E-state index in [0.29, 0.717) is 15.7 Å². The third-order valence-electron chi connectivity index (χ3n) is 4.38. The van der Waals surface area contributed by atoms with Crippen molar-refractivity contribution in [3.05, 3.63) is 52.0 Å². The monoisotopic (exact) mass is 399 g/mol. The second-order valence-electron chi connectivity index (χ2n) is 5.91. The molecule has 1 unspecified atom stereocenters. The van der Waals surface area contributed by atoms with Crippen LogP contribution >= 0.6 is 35.6 Å². The Morgan fingerprint density at radius 2 is 1.96 bits per heavy atom. The van der Waals surface area contributed by atoms with Gasteiger partial charge in [-0.2, -0.15) is 0 Å². The first kappa shape index (κ1) is 19.7. The van der Waals surface area contributed by atoms with Gasteiger partial charge in [0.15, 0.2) is 0 Å². The summed E-state index contributed by atoms with van der Waals surface area (Å²) in [4.78, 5) is 14.8. The van der Waals surface area contributed by atoms with E-state index in [1.807, 2.05) is 25.1 Å². The highest BCUT2D eigenvalue weighted by atomic mass is 35.5. The first-order chi connectivity index (χ1) is 11.5. The quantitative estimate of drug-likeness (QED) is 0.729. The van der Waals surface area contributed by atoms with Crippen LogP contribution in [0.5, 0.6) is 0 Å². The fraction of sp³-hybridized carbons (Fsp3) is 0.278. The first-order valence-electron chi connectivity index (χ1n) is 7.88. The van der Waals surface area contributed by atoms with Gasteiger partial charge in [0, 0.05) is 17.9 Å². The number of carbonyl (C=O) groups excluding carboxylic acids is 1. The van der Waals surface area contributed by atoms with E-state index in [1.165, 1.54) is 0 Å². The number of hydrogen-bond donors (Lipinski definition) is 2. The van der Waals surface area contributed by atoms with E-state index in [-0.39, 0.29) is 24.4 Å². The van der Waals surface area contributed by atoms with Crippen LogP contribution < -0.4 is 16.0 Å². The fourth-order valence-electron chi connectivity index (χ4n) is 3.06. The summed E-state index contributed by atoms with van der Waals surface area (Å²) in [5, 5.41) is 3.63. The number of amides is 1. The molecule has 0 bridgehead atoms. The third kappa shape index (κ3) is 3.97. The van der Waals surface area contributed by atoms with Crippen molar-refractivity contribution in [3.63, 3.8) is 0 Å². The van der Waals surface area contributed by atoms with Crippen LogP contribution in [0.15, 0.2) is 36.4 Å². The minimum Gasteiger partial charge on any atom is -0.398 e. The maximum absolute atomic E-state index is 12.7. The van der Waals surface area contributed by atoms with E-state index in [4.69, 9.17) is 28.9 Å². The number of nitrogen functional groups attached to an aromatic ring is 1. The number of rotatable bonds is 3. The number of halogens is 3. The van der Waals surface area contributed by atoms with Gasteiger partial charge in [-0.3, -0.25) is 4.79 Å². The minimum atomic E-state index is -0.346. The summed E-state index contributed by atoms with van der Waals surface area (Å²) in [5.41, 5.74) is 9.52. The predicted molar refractivity (Wildman–Crippen MR) is 108 cm³/mol. The standard InChI is InChI=1S/C18H19Cl2N3O.ClH/c1-11(18(24)22-15-8-2-6-13(19)17(15)20)23-10-4-5-12-14(21)7-3-9-16(12)23;/h2-3,6-9,11H,4-5,10,21H2,1H3,(H,22,24);1H. The number of anilines is 3. The van der Waals surface area contributed by atoms with Crippen molar-refractivity contribution in [2.45, 2.75) is 25.8 Å². The van der Waals surface area contributed by atoms with E-state index >= 15 is 0 Å². The molecule has 1 aliphatic rings.